The van der Waals surface area contributed by atoms with Gasteiger partial charge in [-0.25, -0.2) is 4.79 Å². The van der Waals surface area contributed by atoms with Crippen LogP contribution in [0.2, 0.25) is 0 Å². The van der Waals surface area contributed by atoms with Crippen molar-refractivity contribution in [1.82, 2.24) is 10.2 Å². The van der Waals surface area contributed by atoms with E-state index >= 15 is 0 Å². The van der Waals surface area contributed by atoms with E-state index in [1.54, 1.807) is 12.1 Å². The average Bonchev–Trinajstić information content (AvgIpc) is 2.84. The Hall–Kier alpha value is -3.86. The van der Waals surface area contributed by atoms with Crippen molar-refractivity contribution in [3.63, 3.8) is 0 Å². The van der Waals surface area contributed by atoms with E-state index in [1.807, 2.05) is 42.2 Å². The SMILES string of the molecule is CC(=O)NCCCN(C(N)=O)c1cc(C(=O)N2CCC(c3ccc(C#N)cc3)CC2)ccc1C. The molecule has 1 saturated heterocycles. The second kappa shape index (κ2) is 11.3. The Bertz CT molecular complexity index is 1080. The zero-order valence-corrected chi connectivity index (χ0v) is 19.7. The maximum absolute atomic E-state index is 13.2. The molecule has 1 heterocycles. The molecule has 8 nitrogen and oxygen atoms in total. The maximum Gasteiger partial charge on any atom is 0.319 e. The number of anilines is 1. The van der Waals surface area contributed by atoms with E-state index in [0.29, 0.717) is 55.3 Å². The molecule has 0 aromatic heterocycles. The van der Waals surface area contributed by atoms with E-state index in [9.17, 15) is 14.4 Å². The van der Waals surface area contributed by atoms with Gasteiger partial charge in [-0.15, -0.1) is 0 Å². The first-order valence-electron chi connectivity index (χ1n) is 11.5. The minimum atomic E-state index is -0.598. The molecule has 0 radical (unpaired) electrons. The summed E-state index contributed by atoms with van der Waals surface area (Å²) in [6.45, 7) is 5.37. The van der Waals surface area contributed by atoms with E-state index in [2.05, 4.69) is 11.4 Å². The van der Waals surface area contributed by atoms with Gasteiger partial charge in [0.25, 0.3) is 5.91 Å². The van der Waals surface area contributed by atoms with Crippen molar-refractivity contribution in [3.8, 4) is 6.07 Å². The highest BCUT2D eigenvalue weighted by atomic mass is 16.2. The molecule has 0 aliphatic carbocycles. The summed E-state index contributed by atoms with van der Waals surface area (Å²) < 4.78 is 0. The number of amides is 4. The largest absolute Gasteiger partial charge is 0.356 e. The number of urea groups is 1. The van der Waals surface area contributed by atoms with Gasteiger partial charge in [0.05, 0.1) is 11.6 Å². The van der Waals surface area contributed by atoms with E-state index in [4.69, 9.17) is 11.0 Å². The van der Waals surface area contributed by atoms with Crippen LogP contribution in [0.3, 0.4) is 0 Å². The molecule has 2 aromatic carbocycles. The van der Waals surface area contributed by atoms with Gasteiger partial charge >= 0.3 is 6.03 Å². The van der Waals surface area contributed by atoms with E-state index in [1.165, 1.54) is 17.4 Å². The number of carbonyl (C=O) groups excluding carboxylic acids is 3. The number of aryl methyl sites for hydroxylation is 1. The van der Waals surface area contributed by atoms with Crippen molar-refractivity contribution in [2.24, 2.45) is 5.73 Å². The zero-order chi connectivity index (χ0) is 24.7. The molecule has 8 heteroatoms. The van der Waals surface area contributed by atoms with E-state index in [-0.39, 0.29) is 11.8 Å². The van der Waals surface area contributed by atoms with Gasteiger partial charge in [0.1, 0.15) is 0 Å². The van der Waals surface area contributed by atoms with Gasteiger partial charge in [-0.05, 0) is 67.5 Å². The normalized spacial score (nSPS) is 13.7. The van der Waals surface area contributed by atoms with Crippen LogP contribution in [0.5, 0.6) is 0 Å². The van der Waals surface area contributed by atoms with Gasteiger partial charge < -0.3 is 16.0 Å². The lowest BCUT2D eigenvalue weighted by Crippen LogP contribution is -2.39. The Labute approximate surface area is 200 Å². The topological polar surface area (TPSA) is 120 Å². The van der Waals surface area contributed by atoms with E-state index in [0.717, 1.165) is 18.4 Å². The van der Waals surface area contributed by atoms with Crippen molar-refractivity contribution in [1.29, 1.82) is 5.26 Å². The summed E-state index contributed by atoms with van der Waals surface area (Å²) in [5.74, 6) is 0.166. The second-order valence-electron chi connectivity index (χ2n) is 8.63. The monoisotopic (exact) mass is 461 g/mol. The van der Waals surface area contributed by atoms with Crippen LogP contribution in [0.4, 0.5) is 10.5 Å². The van der Waals surface area contributed by atoms with Crippen LogP contribution in [0.1, 0.15) is 59.2 Å². The molecule has 0 unspecified atom stereocenters. The fraction of sp³-hybridized carbons (Fsp3) is 0.385. The summed E-state index contributed by atoms with van der Waals surface area (Å²) in [5.41, 5.74) is 9.43. The maximum atomic E-state index is 13.2. The number of piperidine rings is 1. The molecule has 34 heavy (non-hydrogen) atoms. The Kier molecular flexibility index (Phi) is 8.25. The highest BCUT2D eigenvalue weighted by Gasteiger charge is 2.25. The van der Waals surface area contributed by atoms with Gasteiger partial charge in [0.2, 0.25) is 5.91 Å². The van der Waals surface area contributed by atoms with Crippen LogP contribution in [0.15, 0.2) is 42.5 Å². The number of benzene rings is 2. The molecular formula is C26H31N5O3. The van der Waals surface area contributed by atoms with Crippen molar-refractivity contribution >= 4 is 23.5 Å². The molecule has 0 saturated carbocycles. The first-order chi connectivity index (χ1) is 16.3. The molecular weight excluding hydrogens is 430 g/mol. The van der Waals surface area contributed by atoms with Crippen molar-refractivity contribution < 1.29 is 14.4 Å². The number of primary amides is 1. The lowest BCUT2D eigenvalue weighted by Gasteiger charge is -2.32. The second-order valence-corrected chi connectivity index (χ2v) is 8.63. The van der Waals surface area contributed by atoms with Crippen LogP contribution in [-0.4, -0.2) is 48.9 Å². The zero-order valence-electron chi connectivity index (χ0n) is 19.7. The lowest BCUT2D eigenvalue weighted by molar-refractivity contribution is -0.118. The van der Waals surface area contributed by atoms with Crippen molar-refractivity contribution in [2.45, 2.75) is 39.0 Å². The lowest BCUT2D eigenvalue weighted by atomic mass is 9.89. The molecule has 178 valence electrons. The molecule has 3 rings (SSSR count). The highest BCUT2D eigenvalue weighted by molar-refractivity contribution is 5.98. The molecule has 4 amide bonds. The molecule has 1 aliphatic rings. The van der Waals surface area contributed by atoms with Crippen molar-refractivity contribution in [3.05, 3.63) is 64.7 Å². The van der Waals surface area contributed by atoms with Crippen LogP contribution < -0.4 is 16.0 Å². The fourth-order valence-electron chi connectivity index (χ4n) is 4.31. The smallest absolute Gasteiger partial charge is 0.319 e. The standard InChI is InChI=1S/C26H31N5O3/c1-18-4-7-23(16-24(18)31(26(28)34)13-3-12-29-19(2)32)25(33)30-14-10-22(11-15-30)21-8-5-20(17-27)6-9-21/h4-9,16,22H,3,10-15H2,1-2H3,(H2,28,34)(H,29,32). The minimum absolute atomic E-state index is 0.0674. The summed E-state index contributed by atoms with van der Waals surface area (Å²) >= 11 is 0. The van der Waals surface area contributed by atoms with Gasteiger partial charge in [0.15, 0.2) is 0 Å². The number of hydrogen-bond donors (Lipinski definition) is 2. The molecule has 0 atom stereocenters. The Morgan fingerprint density at radius 3 is 2.41 bits per heavy atom. The number of hydrogen-bond acceptors (Lipinski definition) is 4. The molecule has 1 fully saturated rings. The van der Waals surface area contributed by atoms with Crippen LogP contribution >= 0.6 is 0 Å². The molecule has 0 bridgehead atoms. The third-order valence-electron chi connectivity index (χ3n) is 6.24. The Morgan fingerprint density at radius 1 is 1.15 bits per heavy atom. The third-order valence-corrected chi connectivity index (χ3v) is 6.24. The quantitative estimate of drug-likeness (QED) is 0.615. The predicted octanol–water partition coefficient (Wildman–Crippen LogP) is 3.30. The summed E-state index contributed by atoms with van der Waals surface area (Å²) in [5, 5.41) is 11.7. The molecule has 1 aliphatic heterocycles. The number of carbonyl (C=O) groups is 3. The first kappa shape index (κ1) is 24.8. The third kappa shape index (κ3) is 6.13. The van der Waals surface area contributed by atoms with Gasteiger partial charge in [0, 0.05) is 44.4 Å². The molecule has 2 aromatic rings. The van der Waals surface area contributed by atoms with Crippen molar-refractivity contribution in [2.75, 3.05) is 31.1 Å². The summed E-state index contributed by atoms with van der Waals surface area (Å²) in [7, 11) is 0. The number of rotatable bonds is 7. The van der Waals surface area contributed by atoms with Crippen LogP contribution in [0.25, 0.3) is 0 Å². The number of nitrogens with two attached hydrogens (primary N) is 1. The summed E-state index contributed by atoms with van der Waals surface area (Å²) in [6.07, 6.45) is 2.25. The Balaban J connectivity index is 1.67. The first-order valence-corrected chi connectivity index (χ1v) is 11.5. The van der Waals surface area contributed by atoms with Gasteiger partial charge in [-0.1, -0.05) is 18.2 Å². The number of nitrogens with zero attached hydrogens (tertiary/aromatic N) is 3. The Morgan fingerprint density at radius 2 is 1.82 bits per heavy atom. The predicted molar refractivity (Wildman–Crippen MR) is 130 cm³/mol. The number of nitriles is 1. The minimum Gasteiger partial charge on any atom is -0.356 e. The van der Waals surface area contributed by atoms with E-state index < -0.39 is 6.03 Å². The number of likely N-dealkylation sites (tertiary alicyclic amines) is 1. The summed E-state index contributed by atoms with van der Waals surface area (Å²) in [6, 6.07) is 14.5. The summed E-state index contributed by atoms with van der Waals surface area (Å²) in [4.78, 5) is 39.7. The molecule has 0 spiro atoms. The van der Waals surface area contributed by atoms with Crippen LogP contribution in [0, 0.1) is 18.3 Å². The van der Waals surface area contributed by atoms with Gasteiger partial charge in [-0.3, -0.25) is 14.5 Å². The highest BCUT2D eigenvalue weighted by Crippen LogP contribution is 2.30. The molecule has 3 N–H and O–H groups in total. The van der Waals surface area contributed by atoms with Crippen LogP contribution in [-0.2, 0) is 4.79 Å². The van der Waals surface area contributed by atoms with Gasteiger partial charge in [-0.2, -0.15) is 5.26 Å². The number of nitrogens with one attached hydrogen (secondary N) is 1. The average molecular weight is 462 g/mol. The fourth-order valence-corrected chi connectivity index (χ4v) is 4.31.